The highest BCUT2D eigenvalue weighted by Gasteiger charge is 2.24. The van der Waals surface area contributed by atoms with Gasteiger partial charge in [-0.15, -0.1) is 5.10 Å². The van der Waals surface area contributed by atoms with Crippen LogP contribution in [0.5, 0.6) is 17.4 Å². The van der Waals surface area contributed by atoms with Crippen molar-refractivity contribution in [1.29, 1.82) is 0 Å². The average Bonchev–Trinajstić information content (AvgIpc) is 3.47. The molecule has 0 radical (unpaired) electrons. The van der Waals surface area contributed by atoms with Crippen LogP contribution < -0.4 is 19.5 Å². The number of morpholine rings is 1. The Morgan fingerprint density at radius 2 is 2.15 bits per heavy atom. The van der Waals surface area contributed by atoms with Gasteiger partial charge in [-0.2, -0.15) is 9.50 Å². The van der Waals surface area contributed by atoms with Crippen molar-refractivity contribution in [2.24, 2.45) is 0 Å². The van der Waals surface area contributed by atoms with Crippen LogP contribution in [0.25, 0.3) is 5.78 Å². The summed E-state index contributed by atoms with van der Waals surface area (Å²) >= 11 is 7.09. The molecule has 5 rings (SSSR count). The number of rotatable bonds is 6. The third kappa shape index (κ3) is 4.92. The zero-order valence-electron chi connectivity index (χ0n) is 18.3. The summed E-state index contributed by atoms with van der Waals surface area (Å²) in [4.78, 5) is 10.9. The lowest BCUT2D eigenvalue weighted by Gasteiger charge is -2.34. The van der Waals surface area contributed by atoms with Crippen LogP contribution in [0, 0.1) is 6.92 Å². The summed E-state index contributed by atoms with van der Waals surface area (Å²) in [5, 5.41) is 9.10. The normalized spacial score (nSPS) is 17.4. The monoisotopic (exact) mass is 488 g/mol. The van der Waals surface area contributed by atoms with Crippen LogP contribution in [0.15, 0.2) is 29.4 Å². The number of aromatic nitrogens is 4. The first-order valence-electron chi connectivity index (χ1n) is 10.5. The Morgan fingerprint density at radius 3 is 3.03 bits per heavy atom. The fourth-order valence-electron chi connectivity index (χ4n) is 3.65. The van der Waals surface area contributed by atoms with Gasteiger partial charge in [0.05, 0.1) is 6.61 Å². The summed E-state index contributed by atoms with van der Waals surface area (Å²) in [6.07, 6.45) is 1.80. The van der Waals surface area contributed by atoms with Gasteiger partial charge in [-0.1, -0.05) is 17.8 Å². The van der Waals surface area contributed by atoms with E-state index >= 15 is 0 Å². The summed E-state index contributed by atoms with van der Waals surface area (Å²) in [6, 6.07) is 7.74. The molecule has 10 nitrogen and oxygen atoms in total. The Labute approximate surface area is 200 Å². The second-order valence-corrected chi connectivity index (χ2v) is 8.80. The fraction of sp³-hybridized carbons (Fsp3) is 0.429. The third-order valence-electron chi connectivity index (χ3n) is 5.29. The highest BCUT2D eigenvalue weighted by atomic mass is 32.2. The molecule has 2 aliphatic heterocycles. The Balaban J connectivity index is 1.17. The van der Waals surface area contributed by atoms with E-state index in [9.17, 15) is 0 Å². The highest BCUT2D eigenvalue weighted by molar-refractivity contribution is 7.98. The lowest BCUT2D eigenvalue weighted by molar-refractivity contribution is -0.0299. The zero-order chi connectivity index (χ0) is 22.8. The van der Waals surface area contributed by atoms with Crippen LogP contribution >= 0.6 is 24.0 Å². The van der Waals surface area contributed by atoms with Gasteiger partial charge in [0.15, 0.2) is 16.6 Å². The molecule has 1 aromatic carbocycles. The summed E-state index contributed by atoms with van der Waals surface area (Å²) in [5.41, 5.74) is 1.89. The minimum atomic E-state index is -0.129. The molecule has 2 aromatic heterocycles. The van der Waals surface area contributed by atoms with E-state index in [4.69, 9.17) is 31.2 Å². The van der Waals surface area contributed by atoms with E-state index in [0.29, 0.717) is 48.2 Å². The molecule has 1 fully saturated rings. The summed E-state index contributed by atoms with van der Waals surface area (Å²) in [6.45, 7) is 5.08. The lowest BCUT2D eigenvalue weighted by Crippen LogP contribution is -2.50. The van der Waals surface area contributed by atoms with Crippen molar-refractivity contribution in [2.45, 2.75) is 24.7 Å². The van der Waals surface area contributed by atoms with E-state index in [-0.39, 0.29) is 12.9 Å². The first-order valence-corrected chi connectivity index (χ1v) is 12.2. The van der Waals surface area contributed by atoms with E-state index < -0.39 is 0 Å². The third-order valence-corrected chi connectivity index (χ3v) is 6.24. The standard InChI is InChI=1S/C21H24N6O4S2/c1-13-7-18(27-19(23-13)24-20(25-27)33-2)29-11-15-10-26(5-6-28-15)21(32)22-9-14-3-4-16-17(8-14)31-12-30-16/h3-4,7-8,15H,5-6,9-12H2,1-2H3,(H,22,32). The van der Waals surface area contributed by atoms with Crippen molar-refractivity contribution in [3.8, 4) is 17.4 Å². The molecular weight excluding hydrogens is 464 g/mol. The van der Waals surface area contributed by atoms with Crippen molar-refractivity contribution < 1.29 is 18.9 Å². The molecule has 3 aromatic rings. The second kappa shape index (κ2) is 9.57. The summed E-state index contributed by atoms with van der Waals surface area (Å²) in [7, 11) is 0. The number of aryl methyl sites for hydroxylation is 1. The molecule has 1 unspecified atom stereocenters. The van der Waals surface area contributed by atoms with Crippen LogP contribution in [0.2, 0.25) is 0 Å². The van der Waals surface area contributed by atoms with Gasteiger partial charge in [0, 0.05) is 31.4 Å². The number of nitrogens with zero attached hydrogens (tertiary/aromatic N) is 5. The molecule has 12 heteroatoms. The fourth-order valence-corrected chi connectivity index (χ4v) is 4.22. The van der Waals surface area contributed by atoms with Crippen molar-refractivity contribution in [3.63, 3.8) is 0 Å². The zero-order valence-corrected chi connectivity index (χ0v) is 19.9. The summed E-state index contributed by atoms with van der Waals surface area (Å²) < 4.78 is 24.4. The SMILES string of the molecule is CSc1nc2nc(C)cc(OCC3CN(C(=S)NCc4ccc5c(c4)OCO5)CCO3)n2n1. The Hall–Kier alpha value is -2.83. The van der Waals surface area contributed by atoms with E-state index in [2.05, 4.69) is 25.3 Å². The molecule has 0 bridgehead atoms. The quantitative estimate of drug-likeness (QED) is 0.408. The van der Waals surface area contributed by atoms with Gasteiger partial charge in [0.2, 0.25) is 17.8 Å². The number of nitrogens with one attached hydrogen (secondary N) is 1. The van der Waals surface area contributed by atoms with Crippen LogP contribution in [-0.2, 0) is 11.3 Å². The minimum absolute atomic E-state index is 0.129. The van der Waals surface area contributed by atoms with Crippen molar-refractivity contribution >= 4 is 34.9 Å². The first kappa shape index (κ1) is 22.0. The predicted octanol–water partition coefficient (Wildman–Crippen LogP) is 2.04. The lowest BCUT2D eigenvalue weighted by atomic mass is 10.2. The molecule has 33 heavy (non-hydrogen) atoms. The molecular formula is C21H24N6O4S2. The molecule has 0 amide bonds. The van der Waals surface area contributed by atoms with Crippen molar-refractivity contribution in [1.82, 2.24) is 29.8 Å². The maximum atomic E-state index is 6.07. The molecule has 0 aliphatic carbocycles. The Morgan fingerprint density at radius 1 is 1.27 bits per heavy atom. The highest BCUT2D eigenvalue weighted by Crippen LogP contribution is 2.32. The molecule has 1 N–H and O–H groups in total. The van der Waals surface area contributed by atoms with Gasteiger partial charge in [0.1, 0.15) is 12.7 Å². The molecule has 0 spiro atoms. The molecule has 1 atom stereocenters. The van der Waals surface area contributed by atoms with Crippen molar-refractivity contribution in [3.05, 3.63) is 35.5 Å². The van der Waals surface area contributed by atoms with Gasteiger partial charge in [-0.3, -0.25) is 0 Å². The Kier molecular flexibility index (Phi) is 6.38. The van der Waals surface area contributed by atoms with E-state index in [1.165, 1.54) is 11.8 Å². The van der Waals surface area contributed by atoms with Crippen molar-refractivity contribution in [2.75, 3.05) is 39.4 Å². The van der Waals surface area contributed by atoms with Gasteiger partial charge in [0.25, 0.3) is 5.78 Å². The van der Waals surface area contributed by atoms with Gasteiger partial charge in [-0.05, 0) is 43.1 Å². The first-order chi connectivity index (χ1) is 16.1. The smallest absolute Gasteiger partial charge is 0.256 e. The Bertz CT molecular complexity index is 1170. The topological polar surface area (TPSA) is 95.3 Å². The molecule has 0 saturated carbocycles. The number of fused-ring (bicyclic) bond motifs is 2. The number of hydrogen-bond donors (Lipinski definition) is 1. The van der Waals surface area contributed by atoms with Gasteiger partial charge in [-0.25, -0.2) is 4.98 Å². The molecule has 2 aliphatic rings. The van der Waals surface area contributed by atoms with E-state index in [1.54, 1.807) is 4.52 Å². The van der Waals surface area contributed by atoms with Gasteiger partial charge < -0.3 is 29.2 Å². The number of hydrogen-bond acceptors (Lipinski definition) is 9. The van der Waals surface area contributed by atoms with Crippen LogP contribution in [0.3, 0.4) is 0 Å². The van der Waals surface area contributed by atoms with E-state index in [0.717, 1.165) is 29.3 Å². The second-order valence-electron chi connectivity index (χ2n) is 7.64. The van der Waals surface area contributed by atoms with Crippen LogP contribution in [0.4, 0.5) is 0 Å². The number of ether oxygens (including phenoxy) is 4. The number of thioether (sulfide) groups is 1. The largest absolute Gasteiger partial charge is 0.475 e. The maximum Gasteiger partial charge on any atom is 0.256 e. The molecule has 1 saturated heterocycles. The summed E-state index contributed by atoms with van der Waals surface area (Å²) in [5.74, 6) is 2.65. The molecule has 4 heterocycles. The van der Waals surface area contributed by atoms with Gasteiger partial charge >= 0.3 is 0 Å². The van der Waals surface area contributed by atoms with Crippen LogP contribution in [-0.4, -0.2) is 75.1 Å². The predicted molar refractivity (Wildman–Crippen MR) is 126 cm³/mol. The molecule has 174 valence electrons. The number of thiocarbonyl (C=S) groups is 1. The number of benzene rings is 1. The average molecular weight is 489 g/mol. The maximum absolute atomic E-state index is 6.07. The van der Waals surface area contributed by atoms with Crippen LogP contribution in [0.1, 0.15) is 11.3 Å². The minimum Gasteiger partial charge on any atom is -0.475 e. The van der Waals surface area contributed by atoms with E-state index in [1.807, 2.05) is 37.4 Å².